The van der Waals surface area contributed by atoms with Crippen LogP contribution >= 0.6 is 11.6 Å². The molecule has 1 aliphatic rings. The zero-order valence-electron chi connectivity index (χ0n) is 10.4. The lowest BCUT2D eigenvalue weighted by Gasteiger charge is -2.31. The molecule has 0 aliphatic carbocycles. The molecule has 0 atom stereocenters. The van der Waals surface area contributed by atoms with E-state index < -0.39 is 0 Å². The lowest BCUT2D eigenvalue weighted by Crippen LogP contribution is -2.35. The summed E-state index contributed by atoms with van der Waals surface area (Å²) in [6.07, 6.45) is 2.05. The Hall–Kier alpha value is -1.35. The van der Waals surface area contributed by atoms with Gasteiger partial charge in [-0.1, -0.05) is 12.1 Å². The third kappa shape index (κ3) is 2.15. The molecule has 0 amide bonds. The van der Waals surface area contributed by atoms with Gasteiger partial charge in [-0.3, -0.25) is 0 Å². The lowest BCUT2D eigenvalue weighted by atomic mass is 10.1. The molecule has 1 aliphatic heterocycles. The maximum Gasteiger partial charge on any atom is 0.150 e. The number of aromatic nitrogens is 2. The minimum atomic E-state index is 0.315. The molecule has 2 aromatic rings. The highest BCUT2D eigenvalue weighted by atomic mass is 35.5. The number of hydrogen-bond acceptors (Lipinski definition) is 3. The van der Waals surface area contributed by atoms with Crippen LogP contribution in [0.3, 0.4) is 0 Å². The summed E-state index contributed by atoms with van der Waals surface area (Å²) in [4.78, 5) is 11.7. The first-order chi connectivity index (χ1) is 8.74. The number of halogens is 1. The molecule has 1 aromatic carbocycles. The molecule has 3 rings (SSSR count). The molecule has 18 heavy (non-hydrogen) atoms. The van der Waals surface area contributed by atoms with Gasteiger partial charge in [-0.15, -0.1) is 11.6 Å². The fourth-order valence-electron chi connectivity index (χ4n) is 2.44. The number of fused-ring (bicyclic) bond motifs is 1. The third-order valence-corrected chi connectivity index (χ3v) is 3.88. The number of para-hydroxylation sites is 2. The molecule has 1 saturated heterocycles. The maximum absolute atomic E-state index is 6.14. The fraction of sp³-hybridized carbons (Fsp3) is 0.429. The second-order valence-corrected chi connectivity index (χ2v) is 5.40. The fourth-order valence-corrected chi connectivity index (χ4v) is 2.63. The molecule has 0 spiro atoms. The van der Waals surface area contributed by atoms with Gasteiger partial charge in [-0.2, -0.15) is 0 Å². The second-order valence-electron chi connectivity index (χ2n) is 4.78. The van der Waals surface area contributed by atoms with Gasteiger partial charge in [0.2, 0.25) is 0 Å². The van der Waals surface area contributed by atoms with E-state index in [1.165, 1.54) is 0 Å². The van der Waals surface area contributed by atoms with Gasteiger partial charge in [-0.25, -0.2) is 9.97 Å². The Labute approximate surface area is 112 Å². The summed E-state index contributed by atoms with van der Waals surface area (Å²) >= 11 is 6.14. The molecule has 94 valence electrons. The average molecular weight is 262 g/mol. The van der Waals surface area contributed by atoms with E-state index in [1.807, 2.05) is 31.2 Å². The van der Waals surface area contributed by atoms with Gasteiger partial charge in [0.15, 0.2) is 5.82 Å². The quantitative estimate of drug-likeness (QED) is 0.739. The Morgan fingerprint density at radius 3 is 2.39 bits per heavy atom. The standard InChI is InChI=1S/C14H16ClN3/c1-10-14(18-8-6-11(15)7-9-18)17-13-5-3-2-4-12(13)16-10/h2-5,11H,6-9H2,1H3. The Balaban J connectivity index is 1.98. The maximum atomic E-state index is 6.14. The van der Waals surface area contributed by atoms with Crippen molar-refractivity contribution in [2.45, 2.75) is 25.1 Å². The molecule has 4 heteroatoms. The smallest absolute Gasteiger partial charge is 0.150 e. The molecular weight excluding hydrogens is 246 g/mol. The van der Waals surface area contributed by atoms with E-state index in [2.05, 4.69) is 9.88 Å². The van der Waals surface area contributed by atoms with Gasteiger partial charge < -0.3 is 4.90 Å². The van der Waals surface area contributed by atoms with Crippen molar-refractivity contribution in [2.75, 3.05) is 18.0 Å². The van der Waals surface area contributed by atoms with E-state index in [9.17, 15) is 0 Å². The molecule has 1 fully saturated rings. The molecule has 0 unspecified atom stereocenters. The van der Waals surface area contributed by atoms with Gasteiger partial charge in [0.1, 0.15) is 0 Å². The number of aryl methyl sites for hydroxylation is 1. The largest absolute Gasteiger partial charge is 0.355 e. The predicted molar refractivity (Wildman–Crippen MR) is 75.4 cm³/mol. The van der Waals surface area contributed by atoms with Crippen molar-refractivity contribution in [1.29, 1.82) is 0 Å². The van der Waals surface area contributed by atoms with Crippen molar-refractivity contribution in [1.82, 2.24) is 9.97 Å². The summed E-state index contributed by atoms with van der Waals surface area (Å²) < 4.78 is 0. The number of rotatable bonds is 1. The van der Waals surface area contributed by atoms with Crippen LogP contribution < -0.4 is 4.90 Å². The first kappa shape index (κ1) is 11.7. The van der Waals surface area contributed by atoms with Crippen LogP contribution in [0.2, 0.25) is 0 Å². The number of alkyl halides is 1. The van der Waals surface area contributed by atoms with Crippen molar-refractivity contribution in [3.8, 4) is 0 Å². The van der Waals surface area contributed by atoms with E-state index in [1.54, 1.807) is 0 Å². The highest BCUT2D eigenvalue weighted by Gasteiger charge is 2.20. The molecule has 0 N–H and O–H groups in total. The molecule has 1 aromatic heterocycles. The van der Waals surface area contributed by atoms with Crippen LogP contribution in [0.4, 0.5) is 5.82 Å². The van der Waals surface area contributed by atoms with E-state index in [0.29, 0.717) is 5.38 Å². The van der Waals surface area contributed by atoms with Crippen LogP contribution in [-0.4, -0.2) is 28.4 Å². The number of nitrogens with zero attached hydrogens (tertiary/aromatic N) is 3. The molecule has 0 radical (unpaired) electrons. The predicted octanol–water partition coefficient (Wildman–Crippen LogP) is 3.15. The van der Waals surface area contributed by atoms with Crippen molar-refractivity contribution in [3.63, 3.8) is 0 Å². The average Bonchev–Trinajstić information content (AvgIpc) is 2.39. The first-order valence-electron chi connectivity index (χ1n) is 6.36. The summed E-state index contributed by atoms with van der Waals surface area (Å²) in [5.74, 6) is 1.01. The normalized spacial score (nSPS) is 17.3. The second kappa shape index (κ2) is 4.73. The zero-order valence-corrected chi connectivity index (χ0v) is 11.2. The van der Waals surface area contributed by atoms with Crippen molar-refractivity contribution >= 4 is 28.5 Å². The number of anilines is 1. The van der Waals surface area contributed by atoms with Gasteiger partial charge in [0.05, 0.1) is 16.7 Å². The van der Waals surface area contributed by atoms with Gasteiger partial charge in [0, 0.05) is 18.5 Å². The highest BCUT2D eigenvalue weighted by molar-refractivity contribution is 6.20. The van der Waals surface area contributed by atoms with Crippen LogP contribution in [-0.2, 0) is 0 Å². The van der Waals surface area contributed by atoms with Gasteiger partial charge in [0.25, 0.3) is 0 Å². The monoisotopic (exact) mass is 261 g/mol. The zero-order chi connectivity index (χ0) is 12.5. The molecular formula is C14H16ClN3. The van der Waals surface area contributed by atoms with Crippen LogP contribution in [0, 0.1) is 6.92 Å². The van der Waals surface area contributed by atoms with E-state index in [4.69, 9.17) is 16.6 Å². The number of hydrogen-bond donors (Lipinski definition) is 0. The summed E-state index contributed by atoms with van der Waals surface area (Å²) in [5.41, 5.74) is 2.93. The molecule has 2 heterocycles. The van der Waals surface area contributed by atoms with Crippen LogP contribution in [0.1, 0.15) is 18.5 Å². The summed E-state index contributed by atoms with van der Waals surface area (Å²) in [6.45, 7) is 3.98. The van der Waals surface area contributed by atoms with E-state index >= 15 is 0 Å². The van der Waals surface area contributed by atoms with E-state index in [0.717, 1.165) is 48.5 Å². The summed E-state index contributed by atoms with van der Waals surface area (Å²) in [7, 11) is 0. The summed E-state index contributed by atoms with van der Waals surface area (Å²) in [6, 6.07) is 8.01. The minimum absolute atomic E-state index is 0.315. The van der Waals surface area contributed by atoms with E-state index in [-0.39, 0.29) is 0 Å². The minimum Gasteiger partial charge on any atom is -0.355 e. The summed E-state index contributed by atoms with van der Waals surface area (Å²) in [5, 5.41) is 0.315. The Kier molecular flexibility index (Phi) is 3.08. The lowest BCUT2D eigenvalue weighted by molar-refractivity contribution is 0.579. The van der Waals surface area contributed by atoms with Crippen molar-refractivity contribution in [2.24, 2.45) is 0 Å². The van der Waals surface area contributed by atoms with Crippen molar-refractivity contribution in [3.05, 3.63) is 30.0 Å². The molecule has 0 saturated carbocycles. The van der Waals surface area contributed by atoms with Crippen LogP contribution in [0.5, 0.6) is 0 Å². The van der Waals surface area contributed by atoms with Crippen LogP contribution in [0.15, 0.2) is 24.3 Å². The Bertz CT molecular complexity index is 562. The number of benzene rings is 1. The highest BCUT2D eigenvalue weighted by Crippen LogP contribution is 2.24. The third-order valence-electron chi connectivity index (χ3n) is 3.44. The first-order valence-corrected chi connectivity index (χ1v) is 6.80. The van der Waals surface area contributed by atoms with Gasteiger partial charge >= 0.3 is 0 Å². The Morgan fingerprint density at radius 1 is 1.11 bits per heavy atom. The van der Waals surface area contributed by atoms with Crippen LogP contribution in [0.25, 0.3) is 11.0 Å². The van der Waals surface area contributed by atoms with Crippen molar-refractivity contribution < 1.29 is 0 Å². The Morgan fingerprint density at radius 2 is 1.72 bits per heavy atom. The SMILES string of the molecule is Cc1nc2ccccc2nc1N1CCC(Cl)CC1. The topological polar surface area (TPSA) is 29.0 Å². The molecule has 0 bridgehead atoms. The number of piperidine rings is 1. The molecule has 3 nitrogen and oxygen atoms in total. The van der Waals surface area contributed by atoms with Gasteiger partial charge in [-0.05, 0) is 31.9 Å².